The molecule has 0 radical (unpaired) electrons. The summed E-state index contributed by atoms with van der Waals surface area (Å²) in [5, 5.41) is 17.3. The number of carbonyl (C=O) groups excluding carboxylic acids is 6. The number of aryl methyl sites for hydroxylation is 1. The largest absolute Gasteiger partial charge is 0.492 e. The molecule has 0 saturated heterocycles. The van der Waals surface area contributed by atoms with Gasteiger partial charge in [-0.1, -0.05) is 129 Å². The van der Waals surface area contributed by atoms with Gasteiger partial charge in [0.05, 0.1) is 0 Å². The molecule has 6 amide bonds. The smallest absolute Gasteiger partial charge is 0.407 e. The van der Waals surface area contributed by atoms with E-state index in [0.29, 0.717) is 104 Å². The Morgan fingerprint density at radius 1 is 0.449 bits per heavy atom. The van der Waals surface area contributed by atoms with Crippen LogP contribution in [0.1, 0.15) is 159 Å². The highest BCUT2D eigenvalue weighted by molar-refractivity contribution is 5.87. The molecular weight excluding hydrogens is 1130 g/mol. The van der Waals surface area contributed by atoms with Crippen LogP contribution in [0.5, 0.6) is 5.75 Å². The fraction of sp³-hybridized carbons (Fsp3) is 0.493. The third kappa shape index (κ3) is 22.5. The Balaban J connectivity index is 0.945. The van der Waals surface area contributed by atoms with E-state index in [1.807, 2.05) is 60.7 Å². The summed E-state index contributed by atoms with van der Waals surface area (Å²) >= 11 is 0. The molecule has 6 N–H and O–H groups in total. The van der Waals surface area contributed by atoms with E-state index >= 15 is 0 Å². The highest BCUT2D eigenvalue weighted by Gasteiger charge is 2.32. The van der Waals surface area contributed by atoms with E-state index in [2.05, 4.69) is 104 Å². The summed E-state index contributed by atoms with van der Waals surface area (Å²) in [7, 11) is 0. The molecule has 480 valence electrons. The van der Waals surface area contributed by atoms with Gasteiger partial charge in [-0.2, -0.15) is 0 Å². The van der Waals surface area contributed by atoms with Crippen LogP contribution in [0.25, 0.3) is 22.3 Å². The summed E-state index contributed by atoms with van der Waals surface area (Å²) in [5.74, 6) is -0.240. The number of amides is 6. The molecule has 89 heavy (non-hydrogen) atoms. The first-order valence-electron chi connectivity index (χ1n) is 32.0. The predicted octanol–water partition coefficient (Wildman–Crippen LogP) is 12.3. The number of rotatable bonds is 34. The molecule has 2 atom stereocenters. The predicted molar refractivity (Wildman–Crippen MR) is 347 cm³/mol. The van der Waals surface area contributed by atoms with E-state index in [0.717, 1.165) is 69.5 Å². The molecule has 0 saturated carbocycles. The van der Waals surface area contributed by atoms with Crippen molar-refractivity contribution in [2.24, 2.45) is 0 Å². The maximum absolute atomic E-state index is 14.0. The van der Waals surface area contributed by atoms with Gasteiger partial charge < -0.3 is 55.6 Å². The minimum absolute atomic E-state index is 0.0942. The van der Waals surface area contributed by atoms with Crippen LogP contribution in [-0.4, -0.2) is 130 Å². The van der Waals surface area contributed by atoms with Gasteiger partial charge in [0.25, 0.3) is 0 Å². The van der Waals surface area contributed by atoms with E-state index in [4.69, 9.17) is 23.7 Å². The van der Waals surface area contributed by atoms with Crippen LogP contribution in [0.4, 0.5) is 19.2 Å². The first kappa shape index (κ1) is 68.4. The molecule has 0 aliphatic heterocycles. The third-order valence-electron chi connectivity index (χ3n) is 15.6. The van der Waals surface area contributed by atoms with Gasteiger partial charge in [0.1, 0.15) is 48.9 Å². The second-order valence-electron chi connectivity index (χ2n) is 25.0. The van der Waals surface area contributed by atoms with Crippen molar-refractivity contribution in [3.63, 3.8) is 0 Å². The summed E-state index contributed by atoms with van der Waals surface area (Å²) in [6.07, 6.45) is 5.92. The lowest BCUT2D eigenvalue weighted by Crippen LogP contribution is -2.48. The van der Waals surface area contributed by atoms with Crippen molar-refractivity contribution < 1.29 is 52.5 Å². The first-order valence-corrected chi connectivity index (χ1v) is 32.0. The second kappa shape index (κ2) is 34.6. The SMILES string of the molecule is CCCCCc1ccc(OCCN(CCCNC(=O)[C@H](CCCCNC(=O)OC(C)(C)C)NC(=O)OCC2c3ccccc3-c3ccccc32)CCCNC(=O)[C@H](CCCCNC(=O)OC(C)(C)C)NC(=O)OCC2c3ccccc3-c3ccccc32)cc1. The number of hydrogen-bond acceptors (Lipinski definition) is 12. The number of carbonyl (C=O) groups is 6. The van der Waals surface area contributed by atoms with Gasteiger partial charge in [-0.25, -0.2) is 19.2 Å². The number of nitrogens with one attached hydrogen (secondary N) is 6. The zero-order valence-corrected chi connectivity index (χ0v) is 53.4. The fourth-order valence-corrected chi connectivity index (χ4v) is 11.3. The average molecular weight is 1220 g/mol. The van der Waals surface area contributed by atoms with Gasteiger partial charge in [0, 0.05) is 44.6 Å². The molecule has 18 nitrogen and oxygen atoms in total. The zero-order chi connectivity index (χ0) is 63.6. The number of nitrogens with zero attached hydrogens (tertiary/aromatic N) is 1. The maximum atomic E-state index is 14.0. The number of hydrogen-bond donors (Lipinski definition) is 6. The number of fused-ring (bicyclic) bond motifs is 6. The molecule has 0 aromatic heterocycles. The van der Waals surface area contributed by atoms with Crippen LogP contribution in [0, 0.1) is 0 Å². The molecule has 2 aliphatic rings. The van der Waals surface area contributed by atoms with Crippen molar-refractivity contribution in [1.29, 1.82) is 0 Å². The Bertz CT molecular complexity index is 2820. The molecule has 0 spiro atoms. The Morgan fingerprint density at radius 2 is 0.843 bits per heavy atom. The molecule has 5 aromatic rings. The minimum atomic E-state index is -0.908. The quantitative estimate of drug-likeness (QED) is 0.0167. The molecule has 2 aliphatic carbocycles. The van der Waals surface area contributed by atoms with Gasteiger partial charge in [-0.15, -0.1) is 0 Å². The Hall–Kier alpha value is -8.12. The summed E-state index contributed by atoms with van der Waals surface area (Å²) in [6, 6.07) is 38.8. The Labute approximate surface area is 526 Å². The van der Waals surface area contributed by atoms with E-state index in [1.54, 1.807) is 41.5 Å². The standard InChI is InChI=1S/C71H95N7O11/c1-8-9-10-25-50-36-38-51(39-37-50)85-47-46-78(44-23-42-72-64(79)62(34-19-21-40-74-66(81)88-70(2,3)4)76-68(83)86-48-60-56-30-15-11-26-52(56)53-27-12-16-31-57(53)60)45-24-43-73-65(80)63(35-20-22-41-75-67(82)89-71(5,6)7)77-69(84)87-49-61-58-32-17-13-28-54(58)55-29-14-18-33-59(55)61/h11-18,26-33,36-39,60-63H,8-10,19-25,34-35,40-49H2,1-7H3,(H,72,79)(H,73,80)(H,74,81)(H,75,82)(H,76,83)(H,77,84)/t62-,63-/m0/s1. The summed E-state index contributed by atoms with van der Waals surface area (Å²) < 4.78 is 28.8. The third-order valence-corrected chi connectivity index (χ3v) is 15.6. The van der Waals surface area contributed by atoms with Gasteiger partial charge in [-0.05, 0) is 181 Å². The fourth-order valence-electron chi connectivity index (χ4n) is 11.3. The molecule has 0 bridgehead atoms. The topological polar surface area (TPSA) is 224 Å². The van der Waals surface area contributed by atoms with Gasteiger partial charge >= 0.3 is 24.4 Å². The Morgan fingerprint density at radius 3 is 1.24 bits per heavy atom. The number of ether oxygens (including phenoxy) is 5. The molecule has 18 heteroatoms. The summed E-state index contributed by atoms with van der Waals surface area (Å²) in [4.78, 5) is 82.1. The molecular formula is C71H95N7O11. The molecule has 0 heterocycles. The van der Waals surface area contributed by atoms with Crippen LogP contribution in [0.2, 0.25) is 0 Å². The van der Waals surface area contributed by atoms with Crippen molar-refractivity contribution in [2.75, 3.05) is 65.6 Å². The Kier molecular flexibility index (Phi) is 26.6. The van der Waals surface area contributed by atoms with Crippen LogP contribution in [0.15, 0.2) is 121 Å². The van der Waals surface area contributed by atoms with Gasteiger partial charge in [0.2, 0.25) is 11.8 Å². The molecule has 0 fully saturated rings. The van der Waals surface area contributed by atoms with Crippen LogP contribution >= 0.6 is 0 Å². The van der Waals surface area contributed by atoms with Gasteiger partial charge in [-0.3, -0.25) is 14.5 Å². The van der Waals surface area contributed by atoms with E-state index in [-0.39, 0.29) is 36.9 Å². The van der Waals surface area contributed by atoms with Crippen molar-refractivity contribution in [3.05, 3.63) is 149 Å². The van der Waals surface area contributed by atoms with Crippen LogP contribution in [-0.2, 0) is 35.0 Å². The molecule has 5 aromatic carbocycles. The average Bonchev–Trinajstić information content (AvgIpc) is 1.67. The monoisotopic (exact) mass is 1220 g/mol. The minimum Gasteiger partial charge on any atom is -0.492 e. The molecule has 7 rings (SSSR count). The van der Waals surface area contributed by atoms with Crippen LogP contribution < -0.4 is 36.6 Å². The first-order chi connectivity index (χ1) is 42.9. The summed E-state index contributed by atoms with van der Waals surface area (Å²) in [5.41, 5.74) is 8.73. The van der Waals surface area contributed by atoms with Crippen LogP contribution in [0.3, 0.4) is 0 Å². The lowest BCUT2D eigenvalue weighted by Gasteiger charge is -2.24. The highest BCUT2D eigenvalue weighted by atomic mass is 16.6. The molecule has 0 unspecified atom stereocenters. The lowest BCUT2D eigenvalue weighted by molar-refractivity contribution is -0.124. The number of unbranched alkanes of at least 4 members (excludes halogenated alkanes) is 4. The van der Waals surface area contributed by atoms with E-state index < -0.39 is 47.7 Å². The van der Waals surface area contributed by atoms with E-state index in [1.165, 1.54) is 12.0 Å². The number of alkyl carbamates (subject to hydrolysis) is 4. The lowest BCUT2D eigenvalue weighted by atomic mass is 9.98. The van der Waals surface area contributed by atoms with Crippen molar-refractivity contribution in [1.82, 2.24) is 36.8 Å². The normalized spacial score (nSPS) is 13.2. The van der Waals surface area contributed by atoms with Gasteiger partial charge in [0.15, 0.2) is 0 Å². The van der Waals surface area contributed by atoms with E-state index in [9.17, 15) is 28.8 Å². The van der Waals surface area contributed by atoms with Crippen molar-refractivity contribution in [3.8, 4) is 28.0 Å². The highest BCUT2D eigenvalue weighted by Crippen LogP contribution is 2.46. The number of benzene rings is 5. The zero-order valence-electron chi connectivity index (χ0n) is 53.4. The summed E-state index contributed by atoms with van der Waals surface area (Å²) in [6.45, 7) is 16.6. The maximum Gasteiger partial charge on any atom is 0.407 e. The second-order valence-corrected chi connectivity index (χ2v) is 25.0. The van der Waals surface area contributed by atoms with Crippen molar-refractivity contribution >= 4 is 36.2 Å². The van der Waals surface area contributed by atoms with Crippen molar-refractivity contribution in [2.45, 2.75) is 161 Å².